The van der Waals surface area contributed by atoms with Crippen LogP contribution in [0.4, 0.5) is 0 Å². The van der Waals surface area contributed by atoms with Crippen LogP contribution in [0.1, 0.15) is 19.8 Å². The molecule has 0 aromatic carbocycles. The molecule has 4 heteroatoms. The highest BCUT2D eigenvalue weighted by atomic mass is 16.5. The maximum atomic E-state index is 11.1. The number of hydrogen-bond acceptors (Lipinski definition) is 3. The predicted octanol–water partition coefficient (Wildman–Crippen LogP) is 0.139. The summed E-state index contributed by atoms with van der Waals surface area (Å²) in [6.07, 6.45) is 2.36. The van der Waals surface area contributed by atoms with Crippen LogP contribution in [-0.2, 0) is 9.53 Å². The summed E-state index contributed by atoms with van der Waals surface area (Å²) in [4.78, 5) is 11.1. The normalized spacial score (nSPS) is 21.9. The van der Waals surface area contributed by atoms with E-state index in [4.69, 9.17) is 4.74 Å². The van der Waals surface area contributed by atoms with E-state index in [1.807, 2.05) is 6.92 Å². The van der Waals surface area contributed by atoms with Crippen LogP contribution in [0.3, 0.4) is 0 Å². The minimum Gasteiger partial charge on any atom is -0.381 e. The van der Waals surface area contributed by atoms with Crippen molar-refractivity contribution in [1.82, 2.24) is 10.6 Å². The van der Waals surface area contributed by atoms with Crippen molar-refractivity contribution in [1.29, 1.82) is 0 Å². The predicted molar refractivity (Wildman–Crippen MR) is 55.1 cm³/mol. The highest BCUT2D eigenvalue weighted by Crippen LogP contribution is 2.11. The lowest BCUT2D eigenvalue weighted by Crippen LogP contribution is -2.37. The fourth-order valence-corrected chi connectivity index (χ4v) is 1.62. The fraction of sp³-hybridized carbons (Fsp3) is 0.900. The van der Waals surface area contributed by atoms with E-state index in [2.05, 4.69) is 10.6 Å². The van der Waals surface area contributed by atoms with Crippen LogP contribution in [-0.4, -0.2) is 38.8 Å². The molecule has 1 unspecified atom stereocenters. The van der Waals surface area contributed by atoms with E-state index in [-0.39, 0.29) is 5.91 Å². The Labute approximate surface area is 85.4 Å². The molecular formula is C10H20N2O2. The molecule has 1 rings (SSSR count). The van der Waals surface area contributed by atoms with E-state index in [9.17, 15) is 4.79 Å². The van der Waals surface area contributed by atoms with Crippen molar-refractivity contribution in [2.45, 2.75) is 19.8 Å². The van der Waals surface area contributed by atoms with Crippen molar-refractivity contribution in [2.75, 3.05) is 32.8 Å². The zero-order chi connectivity index (χ0) is 10.2. The summed E-state index contributed by atoms with van der Waals surface area (Å²) in [5.41, 5.74) is 0. The van der Waals surface area contributed by atoms with E-state index in [0.29, 0.717) is 19.0 Å². The zero-order valence-electron chi connectivity index (χ0n) is 8.84. The minimum absolute atomic E-state index is 0.0734. The zero-order valence-corrected chi connectivity index (χ0v) is 8.84. The van der Waals surface area contributed by atoms with Crippen molar-refractivity contribution >= 4 is 5.91 Å². The molecule has 0 saturated carbocycles. The van der Waals surface area contributed by atoms with E-state index in [1.165, 1.54) is 6.42 Å². The van der Waals surface area contributed by atoms with Gasteiger partial charge >= 0.3 is 0 Å². The van der Waals surface area contributed by atoms with E-state index in [0.717, 1.165) is 26.2 Å². The number of amides is 1. The third-order valence-electron chi connectivity index (χ3n) is 2.35. The Balaban J connectivity index is 1.99. The van der Waals surface area contributed by atoms with Gasteiger partial charge in [0, 0.05) is 19.7 Å². The number of carbonyl (C=O) groups excluding carboxylic acids is 1. The second kappa shape index (κ2) is 6.79. The molecule has 1 saturated heterocycles. The van der Waals surface area contributed by atoms with Crippen LogP contribution in [0.5, 0.6) is 0 Å². The van der Waals surface area contributed by atoms with Gasteiger partial charge in [0.1, 0.15) is 0 Å². The summed E-state index contributed by atoms with van der Waals surface area (Å²) in [7, 11) is 0. The molecule has 0 bridgehead atoms. The first-order valence-corrected chi connectivity index (χ1v) is 5.38. The molecular weight excluding hydrogens is 180 g/mol. The molecule has 82 valence electrons. The smallest absolute Gasteiger partial charge is 0.233 e. The van der Waals surface area contributed by atoms with E-state index < -0.39 is 0 Å². The maximum absolute atomic E-state index is 11.1. The quantitative estimate of drug-likeness (QED) is 0.663. The summed E-state index contributed by atoms with van der Waals surface area (Å²) in [6.45, 7) is 5.66. The Morgan fingerprint density at radius 3 is 3.07 bits per heavy atom. The number of likely N-dealkylation sites (N-methyl/N-ethyl adjacent to an activating group) is 1. The monoisotopic (exact) mass is 200 g/mol. The number of rotatable bonds is 5. The standard InChI is InChI=1S/C10H20N2O2/c1-2-12-10(13)7-11-6-9-4-3-5-14-8-9/h9,11H,2-8H2,1H3,(H,12,13). The molecule has 1 fully saturated rings. The van der Waals surface area contributed by atoms with Gasteiger partial charge in [-0.25, -0.2) is 0 Å². The van der Waals surface area contributed by atoms with E-state index in [1.54, 1.807) is 0 Å². The Morgan fingerprint density at radius 2 is 2.43 bits per heavy atom. The summed E-state index contributed by atoms with van der Waals surface area (Å²) in [6, 6.07) is 0. The highest BCUT2D eigenvalue weighted by molar-refractivity contribution is 5.77. The van der Waals surface area contributed by atoms with Crippen molar-refractivity contribution in [3.8, 4) is 0 Å². The second-order valence-electron chi connectivity index (χ2n) is 3.67. The average Bonchev–Trinajstić information content (AvgIpc) is 2.20. The summed E-state index contributed by atoms with van der Waals surface area (Å²) in [5, 5.41) is 5.90. The van der Waals surface area contributed by atoms with Crippen molar-refractivity contribution in [2.24, 2.45) is 5.92 Å². The summed E-state index contributed by atoms with van der Waals surface area (Å²) >= 11 is 0. The van der Waals surface area contributed by atoms with Gasteiger partial charge in [-0.15, -0.1) is 0 Å². The Bertz CT molecular complexity index is 168. The lowest BCUT2D eigenvalue weighted by Gasteiger charge is -2.22. The van der Waals surface area contributed by atoms with Crippen molar-refractivity contribution in [3.63, 3.8) is 0 Å². The van der Waals surface area contributed by atoms with Gasteiger partial charge in [-0.05, 0) is 25.7 Å². The molecule has 0 aliphatic carbocycles. The molecule has 0 radical (unpaired) electrons. The highest BCUT2D eigenvalue weighted by Gasteiger charge is 2.13. The van der Waals surface area contributed by atoms with E-state index >= 15 is 0 Å². The van der Waals surface area contributed by atoms with Gasteiger partial charge in [0.25, 0.3) is 0 Å². The van der Waals surface area contributed by atoms with Gasteiger partial charge in [-0.2, -0.15) is 0 Å². The Kier molecular flexibility index (Phi) is 5.56. The third-order valence-corrected chi connectivity index (χ3v) is 2.35. The first-order chi connectivity index (χ1) is 6.83. The van der Waals surface area contributed by atoms with Crippen LogP contribution in [0.25, 0.3) is 0 Å². The molecule has 0 aromatic heterocycles. The molecule has 2 N–H and O–H groups in total. The molecule has 4 nitrogen and oxygen atoms in total. The molecule has 0 aromatic rings. The van der Waals surface area contributed by atoms with Gasteiger partial charge in [-0.1, -0.05) is 0 Å². The maximum Gasteiger partial charge on any atom is 0.233 e. The number of ether oxygens (including phenoxy) is 1. The van der Waals surface area contributed by atoms with Gasteiger partial charge in [0.15, 0.2) is 0 Å². The van der Waals surface area contributed by atoms with Gasteiger partial charge in [-0.3, -0.25) is 4.79 Å². The largest absolute Gasteiger partial charge is 0.381 e. The topological polar surface area (TPSA) is 50.4 Å². The lowest BCUT2D eigenvalue weighted by molar-refractivity contribution is -0.120. The SMILES string of the molecule is CCNC(=O)CNCC1CCCOC1. The van der Waals surface area contributed by atoms with Gasteiger partial charge in [0.05, 0.1) is 13.2 Å². The average molecular weight is 200 g/mol. The molecule has 1 heterocycles. The van der Waals surface area contributed by atoms with Crippen LogP contribution in [0.2, 0.25) is 0 Å². The number of carbonyl (C=O) groups is 1. The molecule has 1 amide bonds. The van der Waals surface area contributed by atoms with Gasteiger partial charge < -0.3 is 15.4 Å². The minimum atomic E-state index is 0.0734. The Morgan fingerprint density at radius 1 is 1.57 bits per heavy atom. The van der Waals surface area contributed by atoms with Crippen LogP contribution in [0.15, 0.2) is 0 Å². The fourth-order valence-electron chi connectivity index (χ4n) is 1.62. The summed E-state index contributed by atoms with van der Waals surface area (Å²) in [5.74, 6) is 0.655. The second-order valence-corrected chi connectivity index (χ2v) is 3.67. The first kappa shape index (κ1) is 11.5. The van der Waals surface area contributed by atoms with Crippen molar-refractivity contribution in [3.05, 3.63) is 0 Å². The lowest BCUT2D eigenvalue weighted by atomic mass is 10.0. The summed E-state index contributed by atoms with van der Waals surface area (Å²) < 4.78 is 5.35. The molecule has 0 spiro atoms. The van der Waals surface area contributed by atoms with Crippen LogP contribution >= 0.6 is 0 Å². The molecule has 1 atom stereocenters. The molecule has 1 aliphatic rings. The van der Waals surface area contributed by atoms with Gasteiger partial charge in [0.2, 0.25) is 5.91 Å². The van der Waals surface area contributed by atoms with Crippen molar-refractivity contribution < 1.29 is 9.53 Å². The first-order valence-electron chi connectivity index (χ1n) is 5.38. The Hall–Kier alpha value is -0.610. The number of hydrogen-bond donors (Lipinski definition) is 2. The number of nitrogens with one attached hydrogen (secondary N) is 2. The molecule has 1 aliphatic heterocycles. The van der Waals surface area contributed by atoms with Crippen LogP contribution in [0, 0.1) is 5.92 Å². The third kappa shape index (κ3) is 4.58. The van der Waals surface area contributed by atoms with Crippen LogP contribution < -0.4 is 10.6 Å². The molecule has 14 heavy (non-hydrogen) atoms.